The Hall–Kier alpha value is -1.07. The summed E-state index contributed by atoms with van der Waals surface area (Å²) in [5, 5.41) is 7.88. The lowest BCUT2D eigenvalue weighted by molar-refractivity contribution is 0.608. The van der Waals surface area contributed by atoms with Crippen LogP contribution in [0.15, 0.2) is 22.8 Å². The Morgan fingerprint density at radius 1 is 1.42 bits per heavy atom. The molecule has 0 atom stereocenters. The molecule has 1 N–H and O–H groups in total. The van der Waals surface area contributed by atoms with Gasteiger partial charge in [0.05, 0.1) is 22.4 Å². The maximum absolute atomic E-state index is 4.44. The fraction of sp³-hybridized carbons (Fsp3) is 0.500. The first-order chi connectivity index (χ1) is 9.13. The molecule has 19 heavy (non-hydrogen) atoms. The third-order valence-corrected chi connectivity index (χ3v) is 4.27. The maximum atomic E-state index is 4.44. The minimum Gasteiger partial charge on any atom is -0.344 e. The number of nitrogens with one attached hydrogen (secondary N) is 1. The fourth-order valence-corrected chi connectivity index (χ4v) is 2.63. The molecule has 0 fully saturated rings. The predicted octanol–water partition coefficient (Wildman–Crippen LogP) is 2.84. The molecule has 2 aromatic heterocycles. The highest BCUT2D eigenvalue weighted by molar-refractivity contribution is 9.10. The van der Waals surface area contributed by atoms with Gasteiger partial charge in [0.2, 0.25) is 0 Å². The molecule has 0 saturated heterocycles. The summed E-state index contributed by atoms with van der Waals surface area (Å²) in [7, 11) is 1.99. The molecule has 0 aliphatic carbocycles. The largest absolute Gasteiger partial charge is 0.344 e. The molecule has 4 nitrogen and oxygen atoms in total. The van der Waals surface area contributed by atoms with Crippen molar-refractivity contribution in [1.29, 1.82) is 0 Å². The zero-order valence-corrected chi connectivity index (χ0v) is 13.4. The van der Waals surface area contributed by atoms with Crippen LogP contribution in [0.3, 0.4) is 0 Å². The van der Waals surface area contributed by atoms with Gasteiger partial charge in [0, 0.05) is 25.5 Å². The van der Waals surface area contributed by atoms with Gasteiger partial charge in [-0.25, -0.2) is 0 Å². The van der Waals surface area contributed by atoms with E-state index in [1.165, 1.54) is 11.4 Å². The number of hydrogen-bond acceptors (Lipinski definition) is 2. The smallest absolute Gasteiger partial charge is 0.0739 e. The molecule has 0 bridgehead atoms. The molecule has 2 aromatic rings. The van der Waals surface area contributed by atoms with E-state index in [2.05, 4.69) is 56.2 Å². The molecule has 2 heterocycles. The first kappa shape index (κ1) is 14.3. The summed E-state index contributed by atoms with van der Waals surface area (Å²) >= 11 is 3.62. The SMILES string of the molecule is CCCNCc1cccn1Cc1c(Br)c(C)nn1C. The summed E-state index contributed by atoms with van der Waals surface area (Å²) in [6.07, 6.45) is 3.28. The van der Waals surface area contributed by atoms with Crippen LogP contribution in [0.4, 0.5) is 0 Å². The lowest BCUT2D eigenvalue weighted by Gasteiger charge is -2.11. The molecule has 0 unspecified atom stereocenters. The van der Waals surface area contributed by atoms with Crippen molar-refractivity contribution < 1.29 is 0 Å². The maximum Gasteiger partial charge on any atom is 0.0739 e. The van der Waals surface area contributed by atoms with E-state index in [-0.39, 0.29) is 0 Å². The van der Waals surface area contributed by atoms with E-state index >= 15 is 0 Å². The Bertz CT molecular complexity index is 542. The van der Waals surface area contributed by atoms with Crippen LogP contribution < -0.4 is 5.32 Å². The van der Waals surface area contributed by atoms with Gasteiger partial charge in [-0.05, 0) is 48.0 Å². The van der Waals surface area contributed by atoms with Gasteiger partial charge in [-0.1, -0.05) is 6.92 Å². The zero-order chi connectivity index (χ0) is 13.8. The van der Waals surface area contributed by atoms with Gasteiger partial charge < -0.3 is 9.88 Å². The lowest BCUT2D eigenvalue weighted by atomic mass is 10.3. The number of halogens is 1. The van der Waals surface area contributed by atoms with Crippen LogP contribution in [-0.4, -0.2) is 20.9 Å². The number of aromatic nitrogens is 3. The molecule has 0 amide bonds. The molecule has 0 radical (unpaired) electrons. The summed E-state index contributed by atoms with van der Waals surface area (Å²) in [4.78, 5) is 0. The highest BCUT2D eigenvalue weighted by Gasteiger charge is 2.12. The van der Waals surface area contributed by atoms with Gasteiger partial charge in [-0.3, -0.25) is 4.68 Å². The Morgan fingerprint density at radius 3 is 2.84 bits per heavy atom. The van der Waals surface area contributed by atoms with E-state index in [1.807, 2.05) is 18.7 Å². The van der Waals surface area contributed by atoms with E-state index < -0.39 is 0 Å². The topological polar surface area (TPSA) is 34.8 Å². The third-order valence-electron chi connectivity index (χ3n) is 3.24. The van der Waals surface area contributed by atoms with Crippen molar-refractivity contribution in [3.05, 3.63) is 39.9 Å². The van der Waals surface area contributed by atoms with Crippen LogP contribution in [0.5, 0.6) is 0 Å². The average Bonchev–Trinajstić information content (AvgIpc) is 2.91. The normalized spacial score (nSPS) is 11.2. The van der Waals surface area contributed by atoms with E-state index in [0.717, 1.165) is 36.2 Å². The van der Waals surface area contributed by atoms with Crippen molar-refractivity contribution in [2.75, 3.05) is 6.54 Å². The first-order valence-electron chi connectivity index (χ1n) is 6.66. The number of aryl methyl sites for hydroxylation is 2. The van der Waals surface area contributed by atoms with Gasteiger partial charge in [0.15, 0.2) is 0 Å². The van der Waals surface area contributed by atoms with Gasteiger partial charge in [-0.15, -0.1) is 0 Å². The minimum atomic E-state index is 0.841. The van der Waals surface area contributed by atoms with Gasteiger partial charge in [0.25, 0.3) is 0 Å². The Kier molecular flexibility index (Phi) is 4.82. The van der Waals surface area contributed by atoms with E-state index in [9.17, 15) is 0 Å². The molecular weight excluding hydrogens is 304 g/mol. The minimum absolute atomic E-state index is 0.841. The summed E-state index contributed by atoms with van der Waals surface area (Å²) < 4.78 is 5.32. The quantitative estimate of drug-likeness (QED) is 0.829. The molecule has 2 rings (SSSR count). The van der Waals surface area contributed by atoms with Crippen LogP contribution in [-0.2, 0) is 20.1 Å². The molecular formula is C14H21BrN4. The van der Waals surface area contributed by atoms with Crippen LogP contribution >= 0.6 is 15.9 Å². The average molecular weight is 325 g/mol. The van der Waals surface area contributed by atoms with E-state index in [4.69, 9.17) is 0 Å². The molecule has 0 saturated carbocycles. The molecule has 0 aliphatic rings. The van der Waals surface area contributed by atoms with Crippen molar-refractivity contribution in [2.24, 2.45) is 7.05 Å². The highest BCUT2D eigenvalue weighted by atomic mass is 79.9. The van der Waals surface area contributed by atoms with E-state index in [0.29, 0.717) is 0 Å². The standard InChI is InChI=1S/C14H21BrN4/c1-4-7-16-9-12-6-5-8-19(12)10-13-14(15)11(2)17-18(13)3/h5-6,8,16H,4,7,9-10H2,1-3H3. The Labute approximate surface area is 122 Å². The van der Waals surface area contributed by atoms with Crippen molar-refractivity contribution in [3.63, 3.8) is 0 Å². The second kappa shape index (κ2) is 6.39. The second-order valence-electron chi connectivity index (χ2n) is 4.77. The van der Waals surface area contributed by atoms with Crippen molar-refractivity contribution in [3.8, 4) is 0 Å². The van der Waals surface area contributed by atoms with Gasteiger partial charge in [0.1, 0.15) is 0 Å². The van der Waals surface area contributed by atoms with E-state index in [1.54, 1.807) is 0 Å². The Morgan fingerprint density at radius 2 is 2.21 bits per heavy atom. The predicted molar refractivity (Wildman–Crippen MR) is 81.2 cm³/mol. The van der Waals surface area contributed by atoms with Gasteiger partial charge >= 0.3 is 0 Å². The summed E-state index contributed by atoms with van der Waals surface area (Å²) in [5.74, 6) is 0. The monoisotopic (exact) mass is 324 g/mol. The van der Waals surface area contributed by atoms with Crippen LogP contribution in [0, 0.1) is 6.92 Å². The fourth-order valence-electron chi connectivity index (χ4n) is 2.17. The second-order valence-corrected chi connectivity index (χ2v) is 5.57. The zero-order valence-electron chi connectivity index (χ0n) is 11.8. The number of nitrogens with zero attached hydrogens (tertiary/aromatic N) is 3. The molecule has 0 aliphatic heterocycles. The third kappa shape index (κ3) is 3.28. The Balaban J connectivity index is 2.13. The summed E-state index contributed by atoms with van der Waals surface area (Å²) in [6, 6.07) is 4.26. The highest BCUT2D eigenvalue weighted by Crippen LogP contribution is 2.21. The number of hydrogen-bond donors (Lipinski definition) is 1. The molecule has 5 heteroatoms. The van der Waals surface area contributed by atoms with Crippen LogP contribution in [0.1, 0.15) is 30.4 Å². The van der Waals surface area contributed by atoms with Gasteiger partial charge in [-0.2, -0.15) is 5.10 Å². The summed E-state index contributed by atoms with van der Waals surface area (Å²) in [6.45, 7) is 7.01. The van der Waals surface area contributed by atoms with Crippen molar-refractivity contribution in [1.82, 2.24) is 19.7 Å². The molecule has 0 aromatic carbocycles. The molecule has 104 valence electrons. The first-order valence-corrected chi connectivity index (χ1v) is 7.45. The van der Waals surface area contributed by atoms with Crippen LogP contribution in [0.25, 0.3) is 0 Å². The lowest BCUT2D eigenvalue weighted by Crippen LogP contribution is -2.17. The molecule has 0 spiro atoms. The van der Waals surface area contributed by atoms with Crippen LogP contribution in [0.2, 0.25) is 0 Å². The summed E-state index contributed by atoms with van der Waals surface area (Å²) in [5.41, 5.74) is 3.54. The van der Waals surface area contributed by atoms with Crippen molar-refractivity contribution >= 4 is 15.9 Å². The number of rotatable bonds is 6. The van der Waals surface area contributed by atoms with Crippen molar-refractivity contribution in [2.45, 2.75) is 33.4 Å².